The number of hydrogen-bond acceptors (Lipinski definition) is 4. The standard InChI is InChI=1S/C14H21NO5S/c1-10-5-6-12(21(17,18)19)9-11(10)7-8-15-13(16)20-14(2,3)4/h5-6,9H,7-8H2,1-4H3,(H,15,16)(H,17,18,19). The summed E-state index contributed by atoms with van der Waals surface area (Å²) in [5.74, 6) is 0. The monoisotopic (exact) mass is 315 g/mol. The zero-order valence-electron chi connectivity index (χ0n) is 12.6. The SMILES string of the molecule is Cc1ccc(S(=O)(=O)O)cc1CCNC(=O)OC(C)(C)C. The first kappa shape index (κ1) is 17.5. The van der Waals surface area contributed by atoms with E-state index in [2.05, 4.69) is 5.32 Å². The molecule has 1 amide bonds. The predicted molar refractivity (Wildman–Crippen MR) is 78.9 cm³/mol. The summed E-state index contributed by atoms with van der Waals surface area (Å²) in [5.41, 5.74) is 1.06. The molecule has 118 valence electrons. The fraction of sp³-hybridized carbons (Fsp3) is 0.500. The van der Waals surface area contributed by atoms with Crippen LogP contribution < -0.4 is 5.32 Å². The third kappa shape index (κ3) is 6.14. The van der Waals surface area contributed by atoms with Gasteiger partial charge in [-0.1, -0.05) is 6.07 Å². The molecule has 0 bridgehead atoms. The van der Waals surface area contributed by atoms with Gasteiger partial charge in [-0.3, -0.25) is 4.55 Å². The number of benzene rings is 1. The summed E-state index contributed by atoms with van der Waals surface area (Å²) < 4.78 is 36.3. The predicted octanol–water partition coefficient (Wildman–Crippen LogP) is 2.31. The van der Waals surface area contributed by atoms with Gasteiger partial charge in [-0.25, -0.2) is 4.79 Å². The van der Waals surface area contributed by atoms with Crippen LogP contribution in [-0.2, 0) is 21.3 Å². The van der Waals surface area contributed by atoms with Crippen LogP contribution in [0.25, 0.3) is 0 Å². The second kappa shape index (κ2) is 6.44. The Balaban J connectivity index is 2.66. The van der Waals surface area contributed by atoms with E-state index in [1.54, 1.807) is 26.8 Å². The summed E-state index contributed by atoms with van der Waals surface area (Å²) >= 11 is 0. The number of amides is 1. The van der Waals surface area contributed by atoms with Gasteiger partial charge in [-0.05, 0) is 57.4 Å². The molecule has 0 aliphatic rings. The highest BCUT2D eigenvalue weighted by Crippen LogP contribution is 2.16. The van der Waals surface area contributed by atoms with E-state index in [1.807, 2.05) is 6.92 Å². The highest BCUT2D eigenvalue weighted by molar-refractivity contribution is 7.85. The van der Waals surface area contributed by atoms with Crippen LogP contribution in [0, 0.1) is 6.92 Å². The Hall–Kier alpha value is -1.60. The maximum absolute atomic E-state index is 11.5. The van der Waals surface area contributed by atoms with Crippen molar-refractivity contribution in [3.63, 3.8) is 0 Å². The molecular formula is C14H21NO5S. The van der Waals surface area contributed by atoms with Gasteiger partial charge in [0, 0.05) is 6.54 Å². The number of ether oxygens (including phenoxy) is 1. The second-order valence-electron chi connectivity index (χ2n) is 5.74. The quantitative estimate of drug-likeness (QED) is 0.832. The molecule has 21 heavy (non-hydrogen) atoms. The molecule has 0 aromatic heterocycles. The van der Waals surface area contributed by atoms with Gasteiger partial charge in [-0.15, -0.1) is 0 Å². The summed E-state index contributed by atoms with van der Waals surface area (Å²) in [6.45, 7) is 7.45. The van der Waals surface area contributed by atoms with Gasteiger partial charge in [0.25, 0.3) is 10.1 Å². The fourth-order valence-corrected chi connectivity index (χ4v) is 2.22. The lowest BCUT2D eigenvalue weighted by Gasteiger charge is -2.19. The van der Waals surface area contributed by atoms with Crippen molar-refractivity contribution in [3.8, 4) is 0 Å². The van der Waals surface area contributed by atoms with Crippen molar-refractivity contribution in [2.75, 3.05) is 6.54 Å². The highest BCUT2D eigenvalue weighted by Gasteiger charge is 2.16. The third-order valence-corrected chi connectivity index (χ3v) is 3.53. The number of nitrogens with one attached hydrogen (secondary N) is 1. The molecule has 0 fully saturated rings. The third-order valence-electron chi connectivity index (χ3n) is 2.68. The van der Waals surface area contributed by atoms with Crippen LogP contribution in [0.2, 0.25) is 0 Å². The van der Waals surface area contributed by atoms with Crippen LogP contribution in [-0.4, -0.2) is 31.2 Å². The van der Waals surface area contributed by atoms with Crippen LogP contribution >= 0.6 is 0 Å². The molecule has 6 nitrogen and oxygen atoms in total. The highest BCUT2D eigenvalue weighted by atomic mass is 32.2. The Labute approximate surface area is 125 Å². The maximum atomic E-state index is 11.5. The molecular weight excluding hydrogens is 294 g/mol. The lowest BCUT2D eigenvalue weighted by Crippen LogP contribution is -2.33. The summed E-state index contributed by atoms with van der Waals surface area (Å²) in [6, 6.07) is 4.36. The van der Waals surface area contributed by atoms with Gasteiger partial charge in [-0.2, -0.15) is 8.42 Å². The van der Waals surface area contributed by atoms with Crippen molar-refractivity contribution < 1.29 is 22.5 Å². The molecule has 0 aliphatic heterocycles. The molecule has 0 aliphatic carbocycles. The number of aryl methyl sites for hydroxylation is 1. The first-order chi connectivity index (χ1) is 9.49. The smallest absolute Gasteiger partial charge is 0.407 e. The number of carbonyl (C=O) groups excluding carboxylic acids is 1. The average molecular weight is 315 g/mol. The van der Waals surface area contributed by atoms with Crippen LogP contribution in [0.5, 0.6) is 0 Å². The number of carbonyl (C=O) groups is 1. The van der Waals surface area contributed by atoms with Crippen molar-refractivity contribution in [1.82, 2.24) is 5.32 Å². The average Bonchev–Trinajstić information content (AvgIpc) is 2.27. The van der Waals surface area contributed by atoms with E-state index in [0.717, 1.165) is 11.1 Å². The maximum Gasteiger partial charge on any atom is 0.407 e. The van der Waals surface area contributed by atoms with Crippen molar-refractivity contribution in [3.05, 3.63) is 29.3 Å². The van der Waals surface area contributed by atoms with E-state index >= 15 is 0 Å². The van der Waals surface area contributed by atoms with Gasteiger partial charge in [0.1, 0.15) is 5.60 Å². The van der Waals surface area contributed by atoms with Gasteiger partial charge < -0.3 is 10.1 Å². The van der Waals surface area contributed by atoms with E-state index in [-0.39, 0.29) is 4.90 Å². The molecule has 0 spiro atoms. The van der Waals surface area contributed by atoms with Gasteiger partial charge in [0.2, 0.25) is 0 Å². The normalized spacial score (nSPS) is 12.0. The summed E-state index contributed by atoms with van der Waals surface area (Å²) in [7, 11) is -4.22. The Kier molecular flexibility index (Phi) is 5.36. The number of rotatable bonds is 4. The molecule has 2 N–H and O–H groups in total. The zero-order valence-corrected chi connectivity index (χ0v) is 13.5. The number of alkyl carbamates (subject to hydrolysis) is 1. The number of hydrogen-bond donors (Lipinski definition) is 2. The lowest BCUT2D eigenvalue weighted by atomic mass is 10.1. The first-order valence-electron chi connectivity index (χ1n) is 6.53. The van der Waals surface area contributed by atoms with Crippen LogP contribution in [0.15, 0.2) is 23.1 Å². The van der Waals surface area contributed by atoms with Gasteiger partial charge in [0.15, 0.2) is 0 Å². The van der Waals surface area contributed by atoms with Crippen molar-refractivity contribution in [2.24, 2.45) is 0 Å². The molecule has 1 aromatic rings. The Morgan fingerprint density at radius 3 is 2.48 bits per heavy atom. The topological polar surface area (TPSA) is 92.7 Å². The molecule has 0 radical (unpaired) electrons. The van der Waals surface area contributed by atoms with E-state index in [1.165, 1.54) is 12.1 Å². The molecule has 0 atom stereocenters. The Morgan fingerprint density at radius 1 is 1.33 bits per heavy atom. The van der Waals surface area contributed by atoms with Crippen LogP contribution in [0.1, 0.15) is 31.9 Å². The summed E-state index contributed by atoms with van der Waals surface area (Å²) in [5, 5.41) is 2.60. The van der Waals surface area contributed by atoms with Crippen LogP contribution in [0.3, 0.4) is 0 Å². The summed E-state index contributed by atoms with van der Waals surface area (Å²) in [4.78, 5) is 11.3. The summed E-state index contributed by atoms with van der Waals surface area (Å²) in [6.07, 6.45) is -0.0832. The minimum atomic E-state index is -4.22. The molecule has 0 saturated carbocycles. The molecule has 1 rings (SSSR count). The molecule has 1 aromatic carbocycles. The Morgan fingerprint density at radius 2 is 1.95 bits per heavy atom. The van der Waals surface area contributed by atoms with Crippen LogP contribution in [0.4, 0.5) is 4.79 Å². The lowest BCUT2D eigenvalue weighted by molar-refractivity contribution is 0.0528. The minimum absolute atomic E-state index is 0.152. The van der Waals surface area contributed by atoms with E-state index in [4.69, 9.17) is 9.29 Å². The van der Waals surface area contributed by atoms with Gasteiger partial charge >= 0.3 is 6.09 Å². The molecule has 0 saturated heterocycles. The molecule has 0 heterocycles. The molecule has 0 unspecified atom stereocenters. The zero-order chi connectivity index (χ0) is 16.3. The first-order valence-corrected chi connectivity index (χ1v) is 7.97. The largest absolute Gasteiger partial charge is 0.444 e. The van der Waals surface area contributed by atoms with Crippen molar-refractivity contribution in [1.29, 1.82) is 0 Å². The van der Waals surface area contributed by atoms with E-state index in [9.17, 15) is 13.2 Å². The van der Waals surface area contributed by atoms with Gasteiger partial charge in [0.05, 0.1) is 4.90 Å². The fourth-order valence-electron chi connectivity index (χ4n) is 1.69. The molecule has 7 heteroatoms. The van der Waals surface area contributed by atoms with Crippen molar-refractivity contribution in [2.45, 2.75) is 44.6 Å². The van der Waals surface area contributed by atoms with Crippen molar-refractivity contribution >= 4 is 16.2 Å². The minimum Gasteiger partial charge on any atom is -0.444 e. The Bertz CT molecular complexity index is 617. The second-order valence-corrected chi connectivity index (χ2v) is 7.16. The van der Waals surface area contributed by atoms with E-state index < -0.39 is 21.8 Å². The van der Waals surface area contributed by atoms with E-state index in [0.29, 0.717) is 13.0 Å².